The number of thiocarbonyl (C=S) groups is 1. The van der Waals surface area contributed by atoms with Gasteiger partial charge in [0, 0.05) is 29.2 Å². The zero-order valence-electron chi connectivity index (χ0n) is 17.1. The molecular weight excluding hydrogens is 416 g/mol. The predicted octanol–water partition coefficient (Wildman–Crippen LogP) is 4.16. The Labute approximate surface area is 185 Å². The van der Waals surface area contributed by atoms with Crippen molar-refractivity contribution in [3.8, 4) is 5.75 Å². The Kier molecular flexibility index (Phi) is 7.69. The Morgan fingerprint density at radius 1 is 1.10 bits per heavy atom. The number of anilines is 2. The normalized spacial score (nSPS) is 11.1. The molecule has 0 saturated heterocycles. The van der Waals surface area contributed by atoms with Crippen LogP contribution in [0.2, 0.25) is 0 Å². The number of rotatable bonds is 6. The first-order valence-electron chi connectivity index (χ1n) is 9.40. The first kappa shape index (κ1) is 21.7. The van der Waals surface area contributed by atoms with Crippen molar-refractivity contribution in [3.63, 3.8) is 0 Å². The van der Waals surface area contributed by atoms with Crippen LogP contribution < -0.4 is 20.7 Å². The first-order valence-corrected chi connectivity index (χ1v) is 10.7. The Bertz CT molecular complexity index is 1000. The number of thiophene rings is 1. The molecule has 3 rings (SSSR count). The van der Waals surface area contributed by atoms with Crippen LogP contribution in [-0.2, 0) is 6.42 Å². The molecule has 2 heterocycles. The van der Waals surface area contributed by atoms with Crippen molar-refractivity contribution in [3.05, 3.63) is 64.1 Å². The average molecular weight is 441 g/mol. The number of aryl methyl sites for hydroxylation is 2. The zero-order valence-corrected chi connectivity index (χ0v) is 18.7. The van der Waals surface area contributed by atoms with E-state index in [4.69, 9.17) is 17.0 Å². The van der Waals surface area contributed by atoms with Gasteiger partial charge in [0.15, 0.2) is 5.11 Å². The summed E-state index contributed by atoms with van der Waals surface area (Å²) in [5, 5.41) is 11.8. The highest BCUT2D eigenvalue weighted by Gasteiger charge is 2.09. The monoisotopic (exact) mass is 440 g/mol. The Balaban J connectivity index is 1.72. The molecule has 0 atom stereocenters. The quantitative estimate of drug-likeness (QED) is 0.302. The third-order valence-electron chi connectivity index (χ3n) is 4.01. The van der Waals surface area contributed by atoms with Crippen molar-refractivity contribution in [2.24, 2.45) is 4.99 Å². The minimum Gasteiger partial charge on any atom is -0.495 e. The van der Waals surface area contributed by atoms with E-state index < -0.39 is 0 Å². The van der Waals surface area contributed by atoms with Crippen molar-refractivity contribution >= 4 is 46.3 Å². The van der Waals surface area contributed by atoms with Gasteiger partial charge in [-0.1, -0.05) is 18.2 Å². The molecule has 1 aromatic carbocycles. The second-order valence-electron chi connectivity index (χ2n) is 6.44. The predicted molar refractivity (Wildman–Crippen MR) is 128 cm³/mol. The number of hydrogen-bond acceptors (Lipinski definition) is 6. The number of nitrogens with zero attached hydrogens (tertiary/aromatic N) is 3. The lowest BCUT2D eigenvalue weighted by Gasteiger charge is -2.15. The van der Waals surface area contributed by atoms with E-state index in [0.717, 1.165) is 23.5 Å². The van der Waals surface area contributed by atoms with E-state index in [0.29, 0.717) is 29.3 Å². The molecule has 3 N–H and O–H groups in total. The van der Waals surface area contributed by atoms with Crippen LogP contribution in [-0.4, -0.2) is 34.7 Å². The van der Waals surface area contributed by atoms with Gasteiger partial charge in [0.1, 0.15) is 5.75 Å². The third-order valence-corrected chi connectivity index (χ3v) is 5.15. The Hall–Kier alpha value is -3.04. The SMILES string of the molecule is COc1ccccc1NC(=S)NC(=NCCc1cccs1)Nc1nc(C)cc(C)n1. The lowest BCUT2D eigenvalue weighted by molar-refractivity contribution is 0.417. The van der Waals surface area contributed by atoms with Crippen LogP contribution in [0.4, 0.5) is 11.6 Å². The van der Waals surface area contributed by atoms with Crippen LogP contribution in [0.25, 0.3) is 0 Å². The van der Waals surface area contributed by atoms with E-state index in [2.05, 4.69) is 42.4 Å². The van der Waals surface area contributed by atoms with Gasteiger partial charge in [-0.15, -0.1) is 11.3 Å². The number of aliphatic imine (C=N–C) groups is 1. The van der Waals surface area contributed by atoms with Gasteiger partial charge in [-0.3, -0.25) is 10.3 Å². The summed E-state index contributed by atoms with van der Waals surface area (Å²) >= 11 is 7.20. The van der Waals surface area contributed by atoms with Crippen molar-refractivity contribution in [1.82, 2.24) is 15.3 Å². The van der Waals surface area contributed by atoms with E-state index in [1.165, 1.54) is 4.88 Å². The number of hydrogen-bond donors (Lipinski definition) is 3. The summed E-state index contributed by atoms with van der Waals surface area (Å²) in [5.74, 6) is 1.64. The van der Waals surface area contributed by atoms with E-state index in [1.807, 2.05) is 50.2 Å². The number of methoxy groups -OCH3 is 1. The van der Waals surface area contributed by atoms with Crippen LogP contribution >= 0.6 is 23.6 Å². The molecular formula is C21H24N6OS2. The van der Waals surface area contributed by atoms with Gasteiger partial charge >= 0.3 is 0 Å². The summed E-state index contributed by atoms with van der Waals surface area (Å²) in [6.45, 7) is 4.45. The lowest BCUT2D eigenvalue weighted by Crippen LogP contribution is -2.39. The number of para-hydroxylation sites is 2. The summed E-state index contributed by atoms with van der Waals surface area (Å²) in [4.78, 5) is 14.8. The number of aromatic nitrogens is 2. The molecule has 0 aliphatic rings. The van der Waals surface area contributed by atoms with Gasteiger partial charge in [-0.25, -0.2) is 9.97 Å². The molecule has 3 aromatic rings. The minimum absolute atomic E-state index is 0.381. The molecule has 0 aliphatic carbocycles. The first-order chi connectivity index (χ1) is 14.5. The average Bonchev–Trinajstić information content (AvgIpc) is 3.21. The molecule has 0 bridgehead atoms. The fourth-order valence-electron chi connectivity index (χ4n) is 2.74. The van der Waals surface area contributed by atoms with Crippen molar-refractivity contribution in [2.75, 3.05) is 24.3 Å². The van der Waals surface area contributed by atoms with Crippen LogP contribution in [0.1, 0.15) is 16.3 Å². The van der Waals surface area contributed by atoms with E-state index in [-0.39, 0.29) is 0 Å². The van der Waals surface area contributed by atoms with Crippen molar-refractivity contribution < 1.29 is 4.74 Å². The third kappa shape index (κ3) is 6.50. The summed E-state index contributed by atoms with van der Waals surface area (Å²) in [6.07, 6.45) is 0.838. The summed E-state index contributed by atoms with van der Waals surface area (Å²) in [7, 11) is 1.62. The van der Waals surface area contributed by atoms with Crippen LogP contribution in [0.15, 0.2) is 52.8 Å². The maximum atomic E-state index is 5.48. The summed E-state index contributed by atoms with van der Waals surface area (Å²) < 4.78 is 5.36. The lowest BCUT2D eigenvalue weighted by atomic mass is 10.3. The molecule has 2 aromatic heterocycles. The second kappa shape index (κ2) is 10.7. The van der Waals surface area contributed by atoms with Gasteiger partial charge in [0.2, 0.25) is 11.9 Å². The highest BCUT2D eigenvalue weighted by molar-refractivity contribution is 7.80. The van der Waals surface area contributed by atoms with Crippen molar-refractivity contribution in [1.29, 1.82) is 0 Å². The largest absolute Gasteiger partial charge is 0.495 e. The molecule has 0 aliphatic heterocycles. The highest BCUT2D eigenvalue weighted by atomic mass is 32.1. The van der Waals surface area contributed by atoms with Gasteiger partial charge < -0.3 is 15.4 Å². The smallest absolute Gasteiger partial charge is 0.229 e. The van der Waals surface area contributed by atoms with E-state index in [1.54, 1.807) is 18.4 Å². The highest BCUT2D eigenvalue weighted by Crippen LogP contribution is 2.22. The summed E-state index contributed by atoms with van der Waals surface area (Å²) in [6, 6.07) is 13.6. The fourth-order valence-corrected chi connectivity index (χ4v) is 3.64. The van der Waals surface area contributed by atoms with E-state index >= 15 is 0 Å². The molecule has 9 heteroatoms. The number of ether oxygens (including phenoxy) is 1. The standard InChI is InChI=1S/C21H24N6OS2/c1-14-13-15(2)24-20(23-14)26-19(22-11-10-16-7-6-12-30-16)27-21(29)25-17-8-4-5-9-18(17)28-3/h4-9,12-13H,10-11H2,1-3H3,(H3,22,23,24,25,26,27,29). The maximum absolute atomic E-state index is 5.48. The molecule has 0 unspecified atom stereocenters. The van der Waals surface area contributed by atoms with E-state index in [9.17, 15) is 0 Å². The van der Waals surface area contributed by atoms with Crippen LogP contribution in [0, 0.1) is 13.8 Å². The number of guanidine groups is 1. The Morgan fingerprint density at radius 3 is 2.57 bits per heavy atom. The van der Waals surface area contributed by atoms with Crippen LogP contribution in [0.3, 0.4) is 0 Å². The van der Waals surface area contributed by atoms with Gasteiger partial charge in [0.25, 0.3) is 0 Å². The molecule has 7 nitrogen and oxygen atoms in total. The molecule has 0 spiro atoms. The zero-order chi connectivity index (χ0) is 21.3. The molecule has 0 fully saturated rings. The number of nitrogens with one attached hydrogen (secondary N) is 3. The topological polar surface area (TPSA) is 83.5 Å². The molecule has 30 heavy (non-hydrogen) atoms. The van der Waals surface area contributed by atoms with Crippen molar-refractivity contribution in [2.45, 2.75) is 20.3 Å². The molecule has 0 saturated carbocycles. The van der Waals surface area contributed by atoms with Gasteiger partial charge in [0.05, 0.1) is 12.8 Å². The Morgan fingerprint density at radius 2 is 1.87 bits per heavy atom. The molecule has 0 radical (unpaired) electrons. The minimum atomic E-state index is 0.381. The second-order valence-corrected chi connectivity index (χ2v) is 7.88. The number of benzene rings is 1. The van der Waals surface area contributed by atoms with Crippen LogP contribution in [0.5, 0.6) is 5.75 Å². The maximum Gasteiger partial charge on any atom is 0.229 e. The summed E-state index contributed by atoms with van der Waals surface area (Å²) in [5.41, 5.74) is 2.51. The molecule has 156 valence electrons. The van der Waals surface area contributed by atoms with Gasteiger partial charge in [-0.2, -0.15) is 0 Å². The molecule has 0 amide bonds. The van der Waals surface area contributed by atoms with Gasteiger partial charge in [-0.05, 0) is 55.7 Å². The fraction of sp³-hybridized carbons (Fsp3) is 0.238.